The summed E-state index contributed by atoms with van der Waals surface area (Å²) in [4.78, 5) is 25.2. The third-order valence-electron chi connectivity index (χ3n) is 5.81. The highest BCUT2D eigenvalue weighted by molar-refractivity contribution is 5.96. The summed E-state index contributed by atoms with van der Waals surface area (Å²) < 4.78 is 35.9. The smallest absolute Gasteiger partial charge is 0.343 e. The van der Waals surface area contributed by atoms with Crippen molar-refractivity contribution in [1.29, 1.82) is 0 Å². The van der Waals surface area contributed by atoms with E-state index in [1.807, 2.05) is 6.08 Å². The number of nitrogens with one attached hydrogen (secondary N) is 1. The van der Waals surface area contributed by atoms with Crippen LogP contribution in [-0.2, 0) is 4.74 Å². The van der Waals surface area contributed by atoms with Crippen LogP contribution in [0.3, 0.4) is 0 Å². The van der Waals surface area contributed by atoms with Gasteiger partial charge >= 0.3 is 5.97 Å². The van der Waals surface area contributed by atoms with Gasteiger partial charge in [-0.1, -0.05) is 12.2 Å². The lowest BCUT2D eigenvalue weighted by atomic mass is 10.0. The van der Waals surface area contributed by atoms with Gasteiger partial charge in [-0.25, -0.2) is 13.6 Å². The maximum Gasteiger partial charge on any atom is 0.343 e. The minimum atomic E-state index is -1.10. The molecule has 0 radical (unpaired) electrons. The van der Waals surface area contributed by atoms with Crippen molar-refractivity contribution < 1.29 is 18.3 Å². The van der Waals surface area contributed by atoms with Crippen LogP contribution >= 0.6 is 0 Å². The van der Waals surface area contributed by atoms with E-state index in [9.17, 15) is 18.4 Å². The Labute approximate surface area is 173 Å². The quantitative estimate of drug-likeness (QED) is 0.683. The molecule has 1 saturated carbocycles. The van der Waals surface area contributed by atoms with Gasteiger partial charge in [-0.3, -0.25) is 4.79 Å². The number of nitrogens with zero attached hydrogens (tertiary/aromatic N) is 1. The Morgan fingerprint density at radius 2 is 2.13 bits per heavy atom. The zero-order valence-corrected chi connectivity index (χ0v) is 17.0. The first kappa shape index (κ1) is 20.7. The highest BCUT2D eigenvalue weighted by atomic mass is 19.2. The number of allylic oxidation sites excluding steroid dienone is 1. The number of rotatable bonds is 7. The molecule has 0 spiro atoms. The van der Waals surface area contributed by atoms with Crippen LogP contribution in [-0.4, -0.2) is 29.7 Å². The zero-order valence-electron chi connectivity index (χ0n) is 17.0. The SMILES string of the molecule is CCOC(=O)c1cn(C2CC2)c2c(/C=C\CCC3CCCN3)c(F)c(F)cc2c1=O. The molecule has 1 saturated heterocycles. The number of esters is 1. The fourth-order valence-corrected chi connectivity index (χ4v) is 4.14. The maximum atomic E-state index is 14.8. The van der Waals surface area contributed by atoms with E-state index in [2.05, 4.69) is 5.32 Å². The second kappa shape index (κ2) is 8.68. The molecule has 1 aromatic heterocycles. The van der Waals surface area contributed by atoms with Gasteiger partial charge in [-0.2, -0.15) is 0 Å². The molecule has 0 amide bonds. The first-order valence-electron chi connectivity index (χ1n) is 10.6. The van der Waals surface area contributed by atoms with E-state index >= 15 is 0 Å². The fourth-order valence-electron chi connectivity index (χ4n) is 4.14. The fraction of sp³-hybridized carbons (Fsp3) is 0.478. The van der Waals surface area contributed by atoms with E-state index in [1.165, 1.54) is 6.20 Å². The van der Waals surface area contributed by atoms with Crippen LogP contribution < -0.4 is 10.7 Å². The molecule has 30 heavy (non-hydrogen) atoms. The molecule has 0 bridgehead atoms. The van der Waals surface area contributed by atoms with Crippen LogP contribution in [0, 0.1) is 11.6 Å². The van der Waals surface area contributed by atoms with Crippen LogP contribution in [0.5, 0.6) is 0 Å². The number of benzene rings is 1. The zero-order chi connectivity index (χ0) is 21.3. The third kappa shape index (κ3) is 4.03. The molecule has 1 aliphatic heterocycles. The lowest BCUT2D eigenvalue weighted by Gasteiger charge is -2.15. The van der Waals surface area contributed by atoms with Crippen molar-refractivity contribution in [3.05, 3.63) is 51.3 Å². The van der Waals surface area contributed by atoms with Gasteiger partial charge in [0.2, 0.25) is 5.43 Å². The second-order valence-electron chi connectivity index (χ2n) is 7.99. The topological polar surface area (TPSA) is 60.3 Å². The maximum absolute atomic E-state index is 14.8. The first-order chi connectivity index (χ1) is 14.5. The van der Waals surface area contributed by atoms with Gasteiger partial charge < -0.3 is 14.6 Å². The van der Waals surface area contributed by atoms with E-state index in [1.54, 1.807) is 17.6 Å². The van der Waals surface area contributed by atoms with Crippen LogP contribution in [0.15, 0.2) is 23.1 Å². The van der Waals surface area contributed by atoms with Crippen molar-refractivity contribution in [3.8, 4) is 0 Å². The van der Waals surface area contributed by atoms with E-state index in [4.69, 9.17) is 4.74 Å². The lowest BCUT2D eigenvalue weighted by molar-refractivity contribution is 0.0524. The van der Waals surface area contributed by atoms with Crippen LogP contribution in [0.1, 0.15) is 67.4 Å². The standard InChI is InChI=1S/C23H26F2N2O3/c1-2-30-23(29)18-13-27(15-9-10-15)21-16(8-4-3-6-14-7-5-11-26-14)20(25)19(24)12-17(21)22(18)28/h4,8,12-15,26H,2-3,5-7,9-11H2,1H3/b8-4-. The number of aromatic nitrogens is 1. The molecule has 1 N–H and O–H groups in total. The molecule has 1 atom stereocenters. The summed E-state index contributed by atoms with van der Waals surface area (Å²) in [5, 5.41) is 3.42. The average molecular weight is 416 g/mol. The van der Waals surface area contributed by atoms with E-state index in [-0.39, 0.29) is 29.2 Å². The average Bonchev–Trinajstić information content (AvgIpc) is 3.44. The number of carbonyl (C=O) groups is 1. The Morgan fingerprint density at radius 1 is 1.33 bits per heavy atom. The molecule has 160 valence electrons. The van der Waals surface area contributed by atoms with Gasteiger partial charge in [-0.05, 0) is 58.1 Å². The summed E-state index contributed by atoms with van der Waals surface area (Å²) in [6.07, 6.45) is 10.5. The lowest BCUT2D eigenvalue weighted by Crippen LogP contribution is -2.21. The monoisotopic (exact) mass is 416 g/mol. The van der Waals surface area contributed by atoms with E-state index in [0.29, 0.717) is 11.6 Å². The van der Waals surface area contributed by atoms with Crippen molar-refractivity contribution in [2.75, 3.05) is 13.2 Å². The van der Waals surface area contributed by atoms with Crippen LogP contribution in [0.2, 0.25) is 0 Å². The minimum absolute atomic E-state index is 0.00321. The Morgan fingerprint density at radius 3 is 2.80 bits per heavy atom. The van der Waals surface area contributed by atoms with Gasteiger partial charge in [0.1, 0.15) is 5.56 Å². The summed E-state index contributed by atoms with van der Waals surface area (Å²) >= 11 is 0. The van der Waals surface area contributed by atoms with Gasteiger partial charge in [-0.15, -0.1) is 0 Å². The highest BCUT2D eigenvalue weighted by Crippen LogP contribution is 2.38. The molecule has 7 heteroatoms. The van der Waals surface area contributed by atoms with Crippen molar-refractivity contribution in [2.45, 2.75) is 57.5 Å². The van der Waals surface area contributed by atoms with Crippen molar-refractivity contribution in [3.63, 3.8) is 0 Å². The molecule has 2 aliphatic rings. The number of hydrogen-bond acceptors (Lipinski definition) is 4. The van der Waals surface area contributed by atoms with Gasteiger partial charge in [0, 0.05) is 23.8 Å². The summed E-state index contributed by atoms with van der Waals surface area (Å²) in [6.45, 7) is 2.80. The highest BCUT2D eigenvalue weighted by Gasteiger charge is 2.29. The number of pyridine rings is 1. The molecule has 2 fully saturated rings. The first-order valence-corrected chi connectivity index (χ1v) is 10.6. The molecule has 5 nitrogen and oxygen atoms in total. The largest absolute Gasteiger partial charge is 0.462 e. The molecule has 1 aromatic carbocycles. The summed E-state index contributed by atoms with van der Waals surface area (Å²) in [6, 6.07) is 1.41. The van der Waals surface area contributed by atoms with Crippen LogP contribution in [0.25, 0.3) is 17.0 Å². The Kier molecular flexibility index (Phi) is 5.99. The summed E-state index contributed by atoms with van der Waals surface area (Å²) in [5.74, 6) is -2.82. The molecule has 2 heterocycles. The molecule has 1 aliphatic carbocycles. The van der Waals surface area contributed by atoms with E-state index < -0.39 is 23.0 Å². The van der Waals surface area contributed by atoms with Crippen LogP contribution in [0.4, 0.5) is 8.78 Å². The predicted octanol–water partition coefficient (Wildman–Crippen LogP) is 4.34. The Balaban J connectivity index is 1.79. The number of hydrogen-bond donors (Lipinski definition) is 1. The summed E-state index contributed by atoms with van der Waals surface area (Å²) in [5.41, 5.74) is -0.387. The molecule has 2 aromatic rings. The Hall–Kier alpha value is -2.54. The van der Waals surface area contributed by atoms with Gasteiger partial charge in [0.25, 0.3) is 0 Å². The third-order valence-corrected chi connectivity index (χ3v) is 5.81. The van der Waals surface area contributed by atoms with Crippen molar-refractivity contribution >= 4 is 22.9 Å². The second-order valence-corrected chi connectivity index (χ2v) is 7.99. The predicted molar refractivity (Wildman–Crippen MR) is 112 cm³/mol. The molecule has 4 rings (SSSR count). The number of fused-ring (bicyclic) bond motifs is 1. The molecular formula is C23H26F2N2O3. The normalized spacial score (nSPS) is 19.1. The molecule has 1 unspecified atom stereocenters. The summed E-state index contributed by atoms with van der Waals surface area (Å²) in [7, 11) is 0. The van der Waals surface area contributed by atoms with Crippen molar-refractivity contribution in [2.24, 2.45) is 0 Å². The van der Waals surface area contributed by atoms with Crippen molar-refractivity contribution in [1.82, 2.24) is 9.88 Å². The minimum Gasteiger partial charge on any atom is -0.462 e. The van der Waals surface area contributed by atoms with E-state index in [0.717, 1.165) is 51.1 Å². The molecular weight excluding hydrogens is 390 g/mol. The number of carbonyl (C=O) groups excluding carboxylic acids is 1. The Bertz CT molecular complexity index is 1050. The van der Waals surface area contributed by atoms with Gasteiger partial charge in [0.05, 0.1) is 17.5 Å². The number of halogens is 2. The number of ether oxygens (including phenoxy) is 1. The van der Waals surface area contributed by atoms with Gasteiger partial charge in [0.15, 0.2) is 11.6 Å².